The van der Waals surface area contributed by atoms with Crippen molar-refractivity contribution >= 4 is 124 Å². The molecular weight excluding hydrogens is 1010 g/mol. The summed E-state index contributed by atoms with van der Waals surface area (Å²) in [7, 11) is 5.80. The molecule has 388 valence electrons. The molecule has 0 saturated heterocycles. The zero-order valence-electron chi connectivity index (χ0n) is 41.8. The molecule has 0 radical (unpaired) electrons. The standard InChI is InChI=1S/C50H85N5O5S8/c1-5-22-55-44-46-16-14-45(15-17-46)43-51-60-26-9-30-64-34-13-37-67-41-20-49(58)54(4)24-7-28-62-32-11-35-65-39-18-47(56)52(2)23-6-27-61-31-10-36-66-40-19-48(57)53(3)25-8-29-63-33-12-38-68-42-21-50(55)59/h5,14-17,43H,1,6-13,18-42,44H2,2-4H3/b51-43-. The molecule has 0 N–H and O–H groups in total. The van der Waals surface area contributed by atoms with E-state index in [1.165, 1.54) is 0 Å². The first-order valence-corrected chi connectivity index (χ1v) is 33.9. The van der Waals surface area contributed by atoms with E-state index in [9.17, 15) is 19.2 Å². The second kappa shape index (κ2) is 44.8. The number of rotatable bonds is 2. The maximum absolute atomic E-state index is 13.1. The van der Waals surface area contributed by atoms with E-state index in [4.69, 9.17) is 4.84 Å². The topological polar surface area (TPSA) is 103 Å². The van der Waals surface area contributed by atoms with Gasteiger partial charge in [0.1, 0.15) is 6.61 Å². The number of carbonyl (C=O) groups is 4. The fraction of sp³-hybridized carbons (Fsp3) is 0.740. The number of thioether (sulfide) groups is 8. The van der Waals surface area contributed by atoms with Crippen LogP contribution in [-0.4, -0.2) is 195 Å². The molecule has 68 heavy (non-hydrogen) atoms. The van der Waals surface area contributed by atoms with Crippen LogP contribution in [0.4, 0.5) is 0 Å². The molecule has 0 atom stereocenters. The average Bonchev–Trinajstić information content (AvgIpc) is 3.34. The molecule has 0 unspecified atom stereocenters. The summed E-state index contributed by atoms with van der Waals surface area (Å²) in [5.74, 6) is 17.3. The summed E-state index contributed by atoms with van der Waals surface area (Å²) in [6.45, 7) is 7.99. The van der Waals surface area contributed by atoms with Gasteiger partial charge in [-0.05, 0) is 132 Å². The van der Waals surface area contributed by atoms with Crippen molar-refractivity contribution in [2.75, 3.05) is 146 Å². The lowest BCUT2D eigenvalue weighted by Crippen LogP contribution is -2.30. The summed E-state index contributed by atoms with van der Waals surface area (Å²) in [6, 6.07) is 8.11. The molecule has 2 aliphatic heterocycles. The average molecular weight is 1090 g/mol. The molecule has 2 aliphatic rings. The molecule has 3 rings (SSSR count). The summed E-state index contributed by atoms with van der Waals surface area (Å²) in [6.07, 6.45) is 14.4. The van der Waals surface area contributed by atoms with E-state index in [0.717, 1.165) is 174 Å². The number of oxime groups is 1. The van der Waals surface area contributed by atoms with Gasteiger partial charge >= 0.3 is 0 Å². The van der Waals surface area contributed by atoms with E-state index in [1.54, 1.807) is 12.3 Å². The summed E-state index contributed by atoms with van der Waals surface area (Å²) >= 11 is 15.3. The Morgan fingerprint density at radius 1 is 0.485 bits per heavy atom. The Hall–Kier alpha value is -0.890. The minimum Gasteiger partial charge on any atom is -0.396 e. The van der Waals surface area contributed by atoms with Gasteiger partial charge in [0.05, 0.1) is 6.21 Å². The van der Waals surface area contributed by atoms with E-state index in [-0.39, 0.29) is 23.6 Å². The van der Waals surface area contributed by atoms with Gasteiger partial charge in [-0.3, -0.25) is 19.2 Å². The summed E-state index contributed by atoms with van der Waals surface area (Å²) in [5, 5.41) is 4.16. The van der Waals surface area contributed by atoms with Gasteiger partial charge in [0.2, 0.25) is 23.6 Å². The second-order valence-electron chi connectivity index (χ2n) is 16.5. The molecule has 4 amide bonds. The lowest BCUT2D eigenvalue weighted by Gasteiger charge is -2.21. The highest BCUT2D eigenvalue weighted by Gasteiger charge is 2.14. The van der Waals surface area contributed by atoms with E-state index < -0.39 is 0 Å². The Balaban J connectivity index is 1.69. The first-order valence-electron chi connectivity index (χ1n) is 24.7. The second-order valence-corrected chi connectivity index (χ2v) is 26.3. The number of nitrogens with zero attached hydrogens (tertiary/aromatic N) is 5. The number of fused-ring (bicyclic) bond motifs is 52. The Labute approximate surface area is 446 Å². The quantitative estimate of drug-likeness (QED) is 0.263. The van der Waals surface area contributed by atoms with Crippen LogP contribution in [0.5, 0.6) is 0 Å². The van der Waals surface area contributed by atoms with E-state index >= 15 is 0 Å². The molecule has 0 spiro atoms. The Morgan fingerprint density at radius 2 is 0.824 bits per heavy atom. The van der Waals surface area contributed by atoms with E-state index in [2.05, 4.69) is 11.7 Å². The van der Waals surface area contributed by atoms with Crippen LogP contribution >= 0.6 is 94.1 Å². The maximum atomic E-state index is 13.1. The fourth-order valence-corrected chi connectivity index (χ4v) is 14.3. The largest absolute Gasteiger partial charge is 0.396 e. The lowest BCUT2D eigenvalue weighted by atomic mass is 10.1. The number of amides is 4. The van der Waals surface area contributed by atoms with Gasteiger partial charge in [-0.2, -0.15) is 94.1 Å². The Bertz CT molecular complexity index is 1500. The van der Waals surface area contributed by atoms with Crippen LogP contribution in [0.15, 0.2) is 42.1 Å². The molecule has 0 aliphatic carbocycles. The SMILES string of the molecule is C=CCN1Cc2ccc(cc2)/C=N\OCCCSCCCSCCC(=O)N(C)CCCSCCCSCCC(=O)N(C)CCCSCCCSCCC(=O)N(C)CCCSCCCSCCC1=O. The Kier molecular flexibility index (Phi) is 41.6. The number of hydrogen-bond acceptors (Lipinski definition) is 14. The van der Waals surface area contributed by atoms with Crippen molar-refractivity contribution in [1.82, 2.24) is 19.6 Å². The van der Waals surface area contributed by atoms with Crippen LogP contribution in [0.2, 0.25) is 0 Å². The maximum Gasteiger partial charge on any atom is 0.223 e. The molecule has 0 saturated carbocycles. The van der Waals surface area contributed by atoms with Crippen molar-refractivity contribution in [1.29, 1.82) is 0 Å². The highest BCUT2D eigenvalue weighted by Crippen LogP contribution is 2.17. The van der Waals surface area contributed by atoms with E-state index in [1.807, 2.05) is 159 Å². The van der Waals surface area contributed by atoms with Crippen LogP contribution in [0.1, 0.15) is 88.2 Å². The minimum atomic E-state index is 0.151. The van der Waals surface area contributed by atoms with E-state index in [0.29, 0.717) is 45.4 Å². The first kappa shape index (κ1) is 63.2. The van der Waals surface area contributed by atoms with Crippen LogP contribution in [0, 0.1) is 0 Å². The van der Waals surface area contributed by atoms with Gasteiger partial charge in [-0.1, -0.05) is 35.5 Å². The van der Waals surface area contributed by atoms with Gasteiger partial charge < -0.3 is 24.4 Å². The molecule has 0 fully saturated rings. The zero-order valence-corrected chi connectivity index (χ0v) is 48.3. The van der Waals surface area contributed by atoms with Crippen molar-refractivity contribution in [3.05, 3.63) is 48.0 Å². The molecule has 1 aromatic rings. The minimum absolute atomic E-state index is 0.151. The molecular formula is C50H85N5O5S8. The van der Waals surface area contributed by atoms with Crippen LogP contribution in [0.3, 0.4) is 0 Å². The highest BCUT2D eigenvalue weighted by atomic mass is 32.2. The Morgan fingerprint density at radius 3 is 1.21 bits per heavy atom. The monoisotopic (exact) mass is 1090 g/mol. The first-order chi connectivity index (χ1) is 33.2. The summed E-state index contributed by atoms with van der Waals surface area (Å²) in [4.78, 5) is 64.0. The van der Waals surface area contributed by atoms with Gasteiger partial charge in [0.15, 0.2) is 0 Å². The molecule has 2 heterocycles. The highest BCUT2D eigenvalue weighted by molar-refractivity contribution is 8.01. The van der Waals surface area contributed by atoms with Gasteiger partial charge in [0, 0.05) is 103 Å². The number of carbonyl (C=O) groups excluding carboxylic acids is 4. The van der Waals surface area contributed by atoms with Crippen molar-refractivity contribution in [2.45, 2.75) is 83.6 Å². The van der Waals surface area contributed by atoms with Crippen molar-refractivity contribution < 1.29 is 24.0 Å². The molecule has 2 bridgehead atoms. The van der Waals surface area contributed by atoms with Crippen molar-refractivity contribution in [3.8, 4) is 0 Å². The molecule has 10 nitrogen and oxygen atoms in total. The smallest absolute Gasteiger partial charge is 0.223 e. The summed E-state index contributed by atoms with van der Waals surface area (Å²) in [5.41, 5.74) is 2.03. The molecule has 18 heteroatoms. The van der Waals surface area contributed by atoms with Gasteiger partial charge in [-0.25, -0.2) is 0 Å². The number of benzene rings is 1. The lowest BCUT2D eigenvalue weighted by molar-refractivity contribution is -0.131. The van der Waals surface area contributed by atoms with Gasteiger partial charge in [0.25, 0.3) is 0 Å². The fourth-order valence-electron chi connectivity index (χ4n) is 6.54. The van der Waals surface area contributed by atoms with Crippen LogP contribution in [-0.2, 0) is 30.6 Å². The zero-order chi connectivity index (χ0) is 49.1. The number of hydrogen-bond donors (Lipinski definition) is 0. The third-order valence-corrected chi connectivity index (χ3v) is 19.5. The van der Waals surface area contributed by atoms with Crippen molar-refractivity contribution in [3.63, 3.8) is 0 Å². The molecule has 0 aromatic heterocycles. The summed E-state index contributed by atoms with van der Waals surface area (Å²) < 4.78 is 0. The van der Waals surface area contributed by atoms with Gasteiger partial charge in [-0.15, -0.1) is 6.58 Å². The predicted molar refractivity (Wildman–Crippen MR) is 313 cm³/mol. The normalized spacial score (nSPS) is 21.5. The third kappa shape index (κ3) is 35.3. The van der Waals surface area contributed by atoms with Crippen molar-refractivity contribution in [2.24, 2.45) is 5.16 Å². The van der Waals surface area contributed by atoms with Crippen LogP contribution < -0.4 is 0 Å². The van der Waals surface area contributed by atoms with Crippen LogP contribution in [0.25, 0.3) is 0 Å². The third-order valence-electron chi connectivity index (χ3n) is 10.6. The molecule has 1 aromatic carbocycles. The predicted octanol–water partition coefficient (Wildman–Crippen LogP) is 10.5.